The number of benzene rings is 3. The summed E-state index contributed by atoms with van der Waals surface area (Å²) in [7, 11) is 0. The molecule has 1 N–H and O–H groups in total. The number of carbonyl (C=O) groups excluding carboxylic acids is 1. The van der Waals surface area contributed by atoms with Gasteiger partial charge < -0.3 is 15.1 Å². The van der Waals surface area contributed by atoms with E-state index in [0.717, 1.165) is 42.1 Å². The van der Waals surface area contributed by atoms with Crippen LogP contribution in [0.3, 0.4) is 0 Å². The predicted octanol–water partition coefficient (Wildman–Crippen LogP) is 4.65. The molecule has 0 aliphatic carbocycles. The third-order valence-corrected chi connectivity index (χ3v) is 7.30. The standard InChI is InChI=1S/C28H30N4O3/c1-19-8-10-23(11-9-19)30-14-15-31-26-13-12-24(32(34)35)16-22(26)17-25(27(31)18-30)28(33)29-20(2)21-6-4-3-5-7-21/h3-13,16,20,25,27H,14-15,17-18H2,1-2H3,(H,29,33)/t20-,25+,27-/m1/s1. The van der Waals surface area contributed by atoms with Crippen LogP contribution in [0.5, 0.6) is 0 Å². The van der Waals surface area contributed by atoms with Crippen LogP contribution in [0.25, 0.3) is 0 Å². The van der Waals surface area contributed by atoms with E-state index in [4.69, 9.17) is 0 Å². The zero-order chi connectivity index (χ0) is 24.5. The second kappa shape index (κ2) is 9.41. The number of nitrogens with one attached hydrogen (secondary N) is 1. The van der Waals surface area contributed by atoms with Gasteiger partial charge in [0.25, 0.3) is 5.69 Å². The van der Waals surface area contributed by atoms with E-state index < -0.39 is 0 Å². The summed E-state index contributed by atoms with van der Waals surface area (Å²) in [6.45, 7) is 6.36. The summed E-state index contributed by atoms with van der Waals surface area (Å²) >= 11 is 0. The molecular weight excluding hydrogens is 440 g/mol. The lowest BCUT2D eigenvalue weighted by molar-refractivity contribution is -0.384. The van der Waals surface area contributed by atoms with E-state index >= 15 is 0 Å². The minimum Gasteiger partial charge on any atom is -0.368 e. The highest BCUT2D eigenvalue weighted by atomic mass is 16.6. The number of carbonyl (C=O) groups is 1. The van der Waals surface area contributed by atoms with Gasteiger partial charge in [0.1, 0.15) is 0 Å². The monoisotopic (exact) mass is 470 g/mol. The van der Waals surface area contributed by atoms with Gasteiger partial charge in [-0.2, -0.15) is 0 Å². The number of piperazine rings is 1. The lowest BCUT2D eigenvalue weighted by Gasteiger charge is -2.49. The lowest BCUT2D eigenvalue weighted by atomic mass is 9.82. The number of hydrogen-bond acceptors (Lipinski definition) is 5. The van der Waals surface area contributed by atoms with Crippen LogP contribution < -0.4 is 15.1 Å². The van der Waals surface area contributed by atoms with E-state index in [0.29, 0.717) is 6.42 Å². The van der Waals surface area contributed by atoms with Gasteiger partial charge in [-0.25, -0.2) is 0 Å². The quantitative estimate of drug-likeness (QED) is 0.434. The van der Waals surface area contributed by atoms with Crippen LogP contribution >= 0.6 is 0 Å². The molecule has 1 saturated heterocycles. The Kier molecular flexibility index (Phi) is 6.16. The maximum atomic E-state index is 13.7. The van der Waals surface area contributed by atoms with Gasteiger partial charge in [-0.15, -0.1) is 0 Å². The first-order chi connectivity index (χ1) is 16.9. The molecule has 180 valence electrons. The van der Waals surface area contributed by atoms with Crippen molar-refractivity contribution in [2.45, 2.75) is 32.4 Å². The van der Waals surface area contributed by atoms with Gasteiger partial charge in [0.15, 0.2) is 0 Å². The summed E-state index contributed by atoms with van der Waals surface area (Å²) in [6, 6.07) is 23.3. The van der Waals surface area contributed by atoms with Crippen LogP contribution in [-0.4, -0.2) is 36.5 Å². The molecule has 2 aliphatic rings. The molecule has 3 aromatic carbocycles. The SMILES string of the molecule is Cc1ccc(N2CCN3c4ccc([N+](=O)[O-])cc4C[C@H](C(=O)N[C@H](C)c4ccccc4)[C@H]3C2)cc1. The number of anilines is 2. The number of nitrogens with zero attached hydrogens (tertiary/aromatic N) is 3. The number of rotatable bonds is 5. The van der Waals surface area contributed by atoms with E-state index in [-0.39, 0.29) is 34.5 Å². The van der Waals surface area contributed by atoms with Crippen LogP contribution in [-0.2, 0) is 11.2 Å². The van der Waals surface area contributed by atoms with Crippen molar-refractivity contribution in [3.05, 3.63) is 99.6 Å². The molecule has 1 amide bonds. The van der Waals surface area contributed by atoms with Crippen LogP contribution in [0, 0.1) is 23.0 Å². The Morgan fingerprint density at radius 1 is 1.06 bits per heavy atom. The smallest absolute Gasteiger partial charge is 0.269 e. The first-order valence-electron chi connectivity index (χ1n) is 12.1. The van der Waals surface area contributed by atoms with Gasteiger partial charge in [0.05, 0.1) is 22.9 Å². The van der Waals surface area contributed by atoms with E-state index in [1.807, 2.05) is 43.3 Å². The van der Waals surface area contributed by atoms with Crippen molar-refractivity contribution in [1.82, 2.24) is 5.32 Å². The fourth-order valence-corrected chi connectivity index (χ4v) is 5.36. The number of amides is 1. The molecule has 2 aliphatic heterocycles. The topological polar surface area (TPSA) is 78.7 Å². The van der Waals surface area contributed by atoms with Crippen molar-refractivity contribution in [2.24, 2.45) is 5.92 Å². The highest BCUT2D eigenvalue weighted by molar-refractivity contribution is 5.83. The first kappa shape index (κ1) is 22.9. The van der Waals surface area contributed by atoms with Crippen molar-refractivity contribution in [3.8, 4) is 0 Å². The molecular formula is C28H30N4O3. The zero-order valence-corrected chi connectivity index (χ0v) is 20.1. The van der Waals surface area contributed by atoms with Crippen molar-refractivity contribution in [2.75, 3.05) is 29.4 Å². The number of fused-ring (bicyclic) bond motifs is 3. The fourth-order valence-electron chi connectivity index (χ4n) is 5.36. The molecule has 7 heteroatoms. The Hall–Kier alpha value is -3.87. The maximum absolute atomic E-state index is 13.7. The summed E-state index contributed by atoms with van der Waals surface area (Å²) in [4.78, 5) is 29.3. The number of aryl methyl sites for hydroxylation is 1. The molecule has 2 heterocycles. The van der Waals surface area contributed by atoms with Crippen molar-refractivity contribution in [3.63, 3.8) is 0 Å². The molecule has 0 unspecified atom stereocenters. The number of hydrogen-bond donors (Lipinski definition) is 1. The normalized spacial score (nSPS) is 19.9. The number of non-ortho nitro benzene ring substituents is 1. The molecule has 3 atom stereocenters. The Morgan fingerprint density at radius 3 is 2.51 bits per heavy atom. The molecule has 0 spiro atoms. The second-order valence-corrected chi connectivity index (χ2v) is 9.56. The molecule has 3 aromatic rings. The average Bonchev–Trinajstić information content (AvgIpc) is 2.88. The van der Waals surface area contributed by atoms with Gasteiger partial charge in [-0.05, 0) is 49.6 Å². The second-order valence-electron chi connectivity index (χ2n) is 9.56. The van der Waals surface area contributed by atoms with Gasteiger partial charge in [0, 0.05) is 43.1 Å². The Bertz CT molecular complexity index is 1230. The van der Waals surface area contributed by atoms with Crippen molar-refractivity contribution >= 4 is 23.0 Å². The molecule has 0 aromatic heterocycles. The predicted molar refractivity (Wildman–Crippen MR) is 138 cm³/mol. The van der Waals surface area contributed by atoms with Crippen LogP contribution in [0.4, 0.5) is 17.1 Å². The van der Waals surface area contributed by atoms with E-state index in [2.05, 4.69) is 46.3 Å². The van der Waals surface area contributed by atoms with E-state index in [1.54, 1.807) is 12.1 Å². The highest BCUT2D eigenvalue weighted by Gasteiger charge is 2.42. The van der Waals surface area contributed by atoms with Crippen molar-refractivity contribution < 1.29 is 9.72 Å². The summed E-state index contributed by atoms with van der Waals surface area (Å²) < 4.78 is 0. The Labute approximate surface area is 205 Å². The van der Waals surface area contributed by atoms with Crippen molar-refractivity contribution in [1.29, 1.82) is 0 Å². The molecule has 0 bridgehead atoms. The van der Waals surface area contributed by atoms with E-state index in [9.17, 15) is 14.9 Å². The summed E-state index contributed by atoms with van der Waals surface area (Å²) in [5.74, 6) is -0.330. The molecule has 7 nitrogen and oxygen atoms in total. The highest BCUT2D eigenvalue weighted by Crippen LogP contribution is 2.39. The summed E-state index contributed by atoms with van der Waals surface area (Å²) in [5.41, 5.74) is 5.36. The third-order valence-electron chi connectivity index (χ3n) is 7.30. The minimum atomic E-state index is -0.367. The minimum absolute atomic E-state index is 0.0146. The lowest BCUT2D eigenvalue weighted by Crippen LogP contribution is -2.61. The van der Waals surface area contributed by atoms with Gasteiger partial charge in [-0.1, -0.05) is 48.0 Å². The molecule has 35 heavy (non-hydrogen) atoms. The number of nitro groups is 1. The molecule has 1 fully saturated rings. The van der Waals surface area contributed by atoms with Crippen LogP contribution in [0.2, 0.25) is 0 Å². The maximum Gasteiger partial charge on any atom is 0.269 e. The number of nitro benzene ring substituents is 1. The van der Waals surface area contributed by atoms with E-state index in [1.165, 1.54) is 5.56 Å². The van der Waals surface area contributed by atoms with Crippen LogP contribution in [0.1, 0.15) is 29.7 Å². The van der Waals surface area contributed by atoms with Crippen LogP contribution in [0.15, 0.2) is 72.8 Å². The molecule has 0 radical (unpaired) electrons. The summed E-state index contributed by atoms with van der Waals surface area (Å²) in [6.07, 6.45) is 0.479. The average molecular weight is 471 g/mol. The zero-order valence-electron chi connectivity index (χ0n) is 20.1. The van der Waals surface area contributed by atoms with Gasteiger partial charge >= 0.3 is 0 Å². The Morgan fingerprint density at radius 2 is 1.80 bits per heavy atom. The first-order valence-corrected chi connectivity index (χ1v) is 12.1. The Balaban J connectivity index is 1.45. The molecule has 5 rings (SSSR count). The van der Waals surface area contributed by atoms with Gasteiger partial charge in [-0.3, -0.25) is 14.9 Å². The largest absolute Gasteiger partial charge is 0.368 e. The third kappa shape index (κ3) is 4.58. The fraction of sp³-hybridized carbons (Fsp3) is 0.321. The molecule has 0 saturated carbocycles. The van der Waals surface area contributed by atoms with Gasteiger partial charge in [0.2, 0.25) is 5.91 Å². The summed E-state index contributed by atoms with van der Waals surface area (Å²) in [5, 5.41) is 14.6.